The quantitative estimate of drug-likeness (QED) is 0.508. The maximum Gasteiger partial charge on any atom is 0.236 e. The van der Waals surface area contributed by atoms with Gasteiger partial charge in [-0.25, -0.2) is 0 Å². The van der Waals surface area contributed by atoms with Crippen LogP contribution in [0.4, 0.5) is 0 Å². The second-order valence-corrected chi connectivity index (χ2v) is 10.1. The molecule has 1 amide bonds. The third-order valence-electron chi connectivity index (χ3n) is 7.41. The first-order valence-electron chi connectivity index (χ1n) is 12.0. The van der Waals surface area contributed by atoms with Crippen molar-refractivity contribution in [2.45, 2.75) is 38.6 Å². The number of carbonyl (C=O) groups is 1. The number of nitrogens with one attached hydrogen (secondary N) is 1. The van der Waals surface area contributed by atoms with Crippen LogP contribution < -0.4 is 5.32 Å². The summed E-state index contributed by atoms with van der Waals surface area (Å²) in [6.45, 7) is 13.0. The molecule has 3 heterocycles. The number of rotatable bonds is 5. The highest BCUT2D eigenvalue weighted by molar-refractivity contribution is 5.80. The van der Waals surface area contributed by atoms with Crippen LogP contribution in [0.5, 0.6) is 0 Å². The highest BCUT2D eigenvalue weighted by Gasteiger charge is 2.35. The number of ether oxygens (including phenoxy) is 1. The Bertz CT molecular complexity index is 601. The van der Waals surface area contributed by atoms with E-state index in [0.29, 0.717) is 24.3 Å². The summed E-state index contributed by atoms with van der Waals surface area (Å²) in [6.07, 6.45) is 3.30. The summed E-state index contributed by atoms with van der Waals surface area (Å²) < 4.78 is 5.59. The molecule has 0 aliphatic carbocycles. The molecule has 8 heteroatoms. The Labute approximate surface area is 189 Å². The number of hydrogen-bond acceptors (Lipinski definition) is 5. The molecule has 2 unspecified atom stereocenters. The molecule has 2 atom stereocenters. The Balaban J connectivity index is 1.46. The van der Waals surface area contributed by atoms with Crippen LogP contribution in [0.25, 0.3) is 0 Å². The van der Waals surface area contributed by atoms with Crippen LogP contribution in [-0.2, 0) is 9.53 Å². The average molecular weight is 437 g/mol. The Hall–Kier alpha value is -1.38. The number of likely N-dealkylation sites (tertiary alicyclic amines) is 1. The highest BCUT2D eigenvalue weighted by atomic mass is 16.5. The standard InChI is InChI=1S/C23H44N6O2/c1-19-14-20(2)16-29(15-19)21(30)17-27-8-10-28(11-9-27)22(24-3)25-18-23(26(4)5)6-12-31-13-7-23/h19-20H,6-18H2,1-5H3,(H,24,25). The minimum absolute atomic E-state index is 0.116. The summed E-state index contributed by atoms with van der Waals surface area (Å²) in [5.74, 6) is 2.49. The van der Waals surface area contributed by atoms with Crippen molar-refractivity contribution >= 4 is 11.9 Å². The molecule has 1 N–H and O–H groups in total. The number of nitrogens with zero attached hydrogens (tertiary/aromatic N) is 5. The largest absolute Gasteiger partial charge is 0.381 e. The molecule has 3 aliphatic rings. The lowest BCUT2D eigenvalue weighted by Crippen LogP contribution is -2.59. The van der Waals surface area contributed by atoms with E-state index in [1.165, 1.54) is 6.42 Å². The Morgan fingerprint density at radius 3 is 2.23 bits per heavy atom. The fourth-order valence-corrected chi connectivity index (χ4v) is 5.38. The van der Waals surface area contributed by atoms with Crippen molar-refractivity contribution in [3.8, 4) is 0 Å². The number of amides is 1. The summed E-state index contributed by atoms with van der Waals surface area (Å²) in [5.41, 5.74) is 0.116. The zero-order chi connectivity index (χ0) is 22.4. The molecule has 0 spiro atoms. The number of aliphatic imine (C=N–C) groups is 1. The van der Waals surface area contributed by atoms with Gasteiger partial charge in [0.25, 0.3) is 0 Å². The molecule has 3 saturated heterocycles. The van der Waals surface area contributed by atoms with Crippen molar-refractivity contribution in [2.24, 2.45) is 16.8 Å². The number of guanidine groups is 1. The number of piperidine rings is 1. The average Bonchev–Trinajstić information content (AvgIpc) is 2.75. The first-order chi connectivity index (χ1) is 14.8. The number of carbonyl (C=O) groups excluding carboxylic acids is 1. The Kier molecular flexibility index (Phi) is 8.58. The van der Waals surface area contributed by atoms with Crippen LogP contribution in [0.2, 0.25) is 0 Å². The maximum absolute atomic E-state index is 12.8. The first-order valence-corrected chi connectivity index (χ1v) is 12.0. The Morgan fingerprint density at radius 2 is 1.68 bits per heavy atom. The van der Waals surface area contributed by atoms with Gasteiger partial charge >= 0.3 is 0 Å². The second kappa shape index (κ2) is 11.0. The van der Waals surface area contributed by atoms with E-state index in [-0.39, 0.29) is 5.54 Å². The van der Waals surface area contributed by atoms with Crippen molar-refractivity contribution in [2.75, 3.05) is 86.7 Å². The van der Waals surface area contributed by atoms with Gasteiger partial charge in [-0.05, 0) is 45.2 Å². The van der Waals surface area contributed by atoms with Crippen LogP contribution >= 0.6 is 0 Å². The molecule has 0 saturated carbocycles. The molecule has 3 rings (SSSR count). The van der Waals surface area contributed by atoms with Crippen LogP contribution in [-0.4, -0.2) is 124 Å². The van der Waals surface area contributed by atoms with E-state index in [1.807, 2.05) is 7.05 Å². The molecular weight excluding hydrogens is 392 g/mol. The topological polar surface area (TPSA) is 63.7 Å². The molecule has 3 aliphatic heterocycles. The van der Waals surface area contributed by atoms with Crippen molar-refractivity contribution in [3.05, 3.63) is 0 Å². The molecule has 178 valence electrons. The molecule has 0 bridgehead atoms. The van der Waals surface area contributed by atoms with Gasteiger partial charge in [0.05, 0.1) is 6.54 Å². The van der Waals surface area contributed by atoms with Gasteiger partial charge in [0.2, 0.25) is 5.91 Å². The fraction of sp³-hybridized carbons (Fsp3) is 0.913. The zero-order valence-electron chi connectivity index (χ0n) is 20.4. The summed E-state index contributed by atoms with van der Waals surface area (Å²) in [4.78, 5) is 26.4. The number of hydrogen-bond donors (Lipinski definition) is 1. The molecule has 0 aromatic rings. The van der Waals surface area contributed by atoms with Crippen LogP contribution in [0.1, 0.15) is 33.1 Å². The molecule has 0 radical (unpaired) electrons. The predicted molar refractivity (Wildman–Crippen MR) is 125 cm³/mol. The van der Waals surface area contributed by atoms with Gasteiger partial charge in [-0.3, -0.25) is 14.7 Å². The molecule has 31 heavy (non-hydrogen) atoms. The highest BCUT2D eigenvalue weighted by Crippen LogP contribution is 2.25. The first kappa shape index (κ1) is 24.3. The molecule has 8 nitrogen and oxygen atoms in total. The van der Waals surface area contributed by atoms with E-state index in [2.05, 4.69) is 57.9 Å². The van der Waals surface area contributed by atoms with E-state index < -0.39 is 0 Å². The maximum atomic E-state index is 12.8. The summed E-state index contributed by atoms with van der Waals surface area (Å²) in [7, 11) is 6.19. The van der Waals surface area contributed by atoms with Gasteiger partial charge in [0.1, 0.15) is 0 Å². The van der Waals surface area contributed by atoms with Gasteiger partial charge in [-0.2, -0.15) is 0 Å². The lowest BCUT2D eigenvalue weighted by atomic mass is 9.88. The smallest absolute Gasteiger partial charge is 0.236 e. The molecule has 3 fully saturated rings. The van der Waals surface area contributed by atoms with Gasteiger partial charge in [0.15, 0.2) is 5.96 Å². The van der Waals surface area contributed by atoms with Gasteiger partial charge in [0, 0.05) is 71.6 Å². The van der Waals surface area contributed by atoms with E-state index in [4.69, 9.17) is 4.74 Å². The number of piperazine rings is 1. The van der Waals surface area contributed by atoms with E-state index in [0.717, 1.165) is 77.8 Å². The SMILES string of the molecule is CN=C(NCC1(N(C)C)CCOCC1)N1CCN(CC(=O)N2CC(C)CC(C)C2)CC1. The van der Waals surface area contributed by atoms with Crippen LogP contribution in [0.15, 0.2) is 4.99 Å². The summed E-state index contributed by atoms with van der Waals surface area (Å²) in [5, 5.41) is 3.63. The lowest BCUT2D eigenvalue weighted by molar-refractivity contribution is -0.135. The van der Waals surface area contributed by atoms with Gasteiger partial charge < -0.3 is 24.8 Å². The Morgan fingerprint density at radius 1 is 1.06 bits per heavy atom. The van der Waals surface area contributed by atoms with Crippen LogP contribution in [0, 0.1) is 11.8 Å². The minimum Gasteiger partial charge on any atom is -0.381 e. The molecule has 0 aromatic carbocycles. The second-order valence-electron chi connectivity index (χ2n) is 10.1. The van der Waals surface area contributed by atoms with Gasteiger partial charge in [-0.1, -0.05) is 13.8 Å². The third-order valence-corrected chi connectivity index (χ3v) is 7.41. The van der Waals surface area contributed by atoms with Crippen molar-refractivity contribution < 1.29 is 9.53 Å². The van der Waals surface area contributed by atoms with E-state index in [1.54, 1.807) is 0 Å². The van der Waals surface area contributed by atoms with E-state index >= 15 is 0 Å². The third kappa shape index (κ3) is 6.33. The predicted octanol–water partition coefficient (Wildman–Crippen LogP) is 0.795. The summed E-state index contributed by atoms with van der Waals surface area (Å²) in [6, 6.07) is 0. The monoisotopic (exact) mass is 436 g/mol. The summed E-state index contributed by atoms with van der Waals surface area (Å²) >= 11 is 0. The fourth-order valence-electron chi connectivity index (χ4n) is 5.38. The molecule has 0 aromatic heterocycles. The normalized spacial score (nSPS) is 28.1. The molecular formula is C23H44N6O2. The minimum atomic E-state index is 0.116. The van der Waals surface area contributed by atoms with Gasteiger partial charge in [-0.15, -0.1) is 0 Å². The van der Waals surface area contributed by atoms with Crippen molar-refractivity contribution in [1.29, 1.82) is 0 Å². The zero-order valence-corrected chi connectivity index (χ0v) is 20.4. The van der Waals surface area contributed by atoms with Crippen molar-refractivity contribution in [3.63, 3.8) is 0 Å². The number of likely N-dealkylation sites (N-methyl/N-ethyl adjacent to an activating group) is 1. The van der Waals surface area contributed by atoms with E-state index in [9.17, 15) is 4.79 Å². The lowest BCUT2D eigenvalue weighted by Gasteiger charge is -2.44. The van der Waals surface area contributed by atoms with Crippen LogP contribution in [0.3, 0.4) is 0 Å². The van der Waals surface area contributed by atoms with Crippen molar-refractivity contribution in [1.82, 2.24) is 24.9 Å².